The van der Waals surface area contributed by atoms with E-state index in [0.717, 1.165) is 23.1 Å². The van der Waals surface area contributed by atoms with E-state index in [1.165, 1.54) is 0 Å². The molecule has 0 unspecified atom stereocenters. The summed E-state index contributed by atoms with van der Waals surface area (Å²) >= 11 is 8.64. The molecule has 0 spiro atoms. The van der Waals surface area contributed by atoms with Gasteiger partial charge >= 0.3 is 11.9 Å². The molecule has 2 N–H and O–H groups in total. The maximum atomic E-state index is 12.9. The zero-order valence-electron chi connectivity index (χ0n) is 23.2. The number of thioether (sulfide) groups is 1. The molecule has 0 radical (unpaired) electrons. The first-order chi connectivity index (χ1) is 21.3. The van der Waals surface area contributed by atoms with Crippen LogP contribution in [0.15, 0.2) is 77.7 Å². The van der Waals surface area contributed by atoms with Crippen LogP contribution in [0.3, 0.4) is 0 Å². The van der Waals surface area contributed by atoms with Gasteiger partial charge in [0.2, 0.25) is 12.7 Å². The number of fused-ring (bicyclic) bond motifs is 1. The monoisotopic (exact) mass is 652 g/mol. The molecular formula is C31H25ClN2O8S2. The Labute approximate surface area is 265 Å². The van der Waals surface area contributed by atoms with Crippen LogP contribution < -0.4 is 20.1 Å². The minimum atomic E-state index is -0.751. The van der Waals surface area contributed by atoms with Crippen LogP contribution in [0, 0.1) is 0 Å². The Hall–Kier alpha value is -4.52. The Morgan fingerprint density at radius 2 is 1.64 bits per heavy atom. The van der Waals surface area contributed by atoms with Gasteiger partial charge in [0.15, 0.2) is 18.1 Å². The summed E-state index contributed by atoms with van der Waals surface area (Å²) in [6.07, 6.45) is 0. The number of esters is 2. The lowest BCUT2D eigenvalue weighted by Crippen LogP contribution is -2.22. The Balaban J connectivity index is 1.20. The molecule has 13 heteroatoms. The van der Waals surface area contributed by atoms with Crippen molar-refractivity contribution in [2.75, 3.05) is 36.4 Å². The molecule has 0 atom stereocenters. The molecule has 5 rings (SSSR count). The summed E-state index contributed by atoms with van der Waals surface area (Å²) < 4.78 is 21.4. The van der Waals surface area contributed by atoms with Gasteiger partial charge in [-0.2, -0.15) is 0 Å². The maximum Gasteiger partial charge on any atom is 0.341 e. The molecule has 1 aliphatic heterocycles. The van der Waals surface area contributed by atoms with Gasteiger partial charge in [0.25, 0.3) is 5.91 Å². The van der Waals surface area contributed by atoms with E-state index in [0.29, 0.717) is 37.5 Å². The fraction of sp³-hybridized carbons (Fsp3) is 0.161. The number of halogens is 1. The second kappa shape index (κ2) is 14.3. The fourth-order valence-electron chi connectivity index (χ4n) is 4.20. The Bertz CT molecular complexity index is 1710. The van der Waals surface area contributed by atoms with Crippen LogP contribution in [0.25, 0.3) is 11.1 Å². The number of ether oxygens (including phenoxy) is 4. The van der Waals surface area contributed by atoms with E-state index in [-0.39, 0.29) is 41.2 Å². The first-order valence-electron chi connectivity index (χ1n) is 13.3. The summed E-state index contributed by atoms with van der Waals surface area (Å²) in [5.41, 5.74) is 1.99. The van der Waals surface area contributed by atoms with Gasteiger partial charge in [0.05, 0.1) is 17.9 Å². The predicted molar refractivity (Wildman–Crippen MR) is 168 cm³/mol. The van der Waals surface area contributed by atoms with E-state index < -0.39 is 24.5 Å². The van der Waals surface area contributed by atoms with Crippen LogP contribution in [0.2, 0.25) is 4.34 Å². The highest BCUT2D eigenvalue weighted by Crippen LogP contribution is 2.44. The normalized spacial score (nSPS) is 11.5. The van der Waals surface area contributed by atoms with Gasteiger partial charge in [-0.05, 0) is 36.8 Å². The van der Waals surface area contributed by atoms with Crippen LogP contribution in [0.5, 0.6) is 11.5 Å². The topological polar surface area (TPSA) is 129 Å². The van der Waals surface area contributed by atoms with E-state index in [2.05, 4.69) is 10.6 Å². The lowest BCUT2D eigenvalue weighted by molar-refractivity contribution is -0.119. The van der Waals surface area contributed by atoms with Crippen LogP contribution in [-0.2, 0) is 19.1 Å². The molecular weight excluding hydrogens is 628 g/mol. The Morgan fingerprint density at radius 3 is 2.43 bits per heavy atom. The van der Waals surface area contributed by atoms with E-state index in [9.17, 15) is 19.2 Å². The zero-order chi connectivity index (χ0) is 31.1. The highest BCUT2D eigenvalue weighted by Gasteiger charge is 2.27. The average Bonchev–Trinajstić information content (AvgIpc) is 3.62. The number of hydrogen-bond acceptors (Lipinski definition) is 10. The zero-order valence-corrected chi connectivity index (χ0v) is 25.6. The second-order valence-corrected chi connectivity index (χ2v) is 11.7. The molecule has 0 aliphatic carbocycles. The molecule has 0 saturated heterocycles. The van der Waals surface area contributed by atoms with Crippen LogP contribution in [-0.4, -0.2) is 49.5 Å². The third-order valence-corrected chi connectivity index (χ3v) is 8.50. The van der Waals surface area contributed by atoms with Gasteiger partial charge < -0.3 is 29.6 Å². The number of thiophene rings is 1. The lowest BCUT2D eigenvalue weighted by Gasteiger charge is -2.11. The first kappa shape index (κ1) is 30.9. The number of rotatable bonds is 11. The molecule has 0 fully saturated rings. The summed E-state index contributed by atoms with van der Waals surface area (Å²) in [5, 5.41) is 5.59. The van der Waals surface area contributed by atoms with Crippen LogP contribution in [0.1, 0.15) is 27.6 Å². The molecule has 44 heavy (non-hydrogen) atoms. The van der Waals surface area contributed by atoms with Crippen molar-refractivity contribution in [1.82, 2.24) is 0 Å². The van der Waals surface area contributed by atoms with E-state index >= 15 is 0 Å². The van der Waals surface area contributed by atoms with Gasteiger partial charge in [0, 0.05) is 22.2 Å². The number of carbonyl (C=O) groups excluding carboxylic acids is 4. The molecule has 10 nitrogen and oxygen atoms in total. The number of benzene rings is 3. The minimum Gasteiger partial charge on any atom is -0.462 e. The second-order valence-electron chi connectivity index (χ2n) is 9.07. The summed E-state index contributed by atoms with van der Waals surface area (Å²) in [6.45, 7) is 1.31. The number of amides is 2. The summed E-state index contributed by atoms with van der Waals surface area (Å²) in [4.78, 5) is 51.7. The van der Waals surface area contributed by atoms with Gasteiger partial charge in [-0.15, -0.1) is 23.1 Å². The van der Waals surface area contributed by atoms with Crippen molar-refractivity contribution in [3.63, 3.8) is 0 Å². The van der Waals surface area contributed by atoms with Crippen LogP contribution >= 0.6 is 34.7 Å². The smallest absolute Gasteiger partial charge is 0.341 e. The number of nitrogens with one attached hydrogen (secondary N) is 2. The fourth-order valence-corrected chi connectivity index (χ4v) is 6.43. The molecule has 2 amide bonds. The molecule has 2 heterocycles. The molecule has 3 aromatic carbocycles. The van der Waals surface area contributed by atoms with Gasteiger partial charge in [-0.25, -0.2) is 9.59 Å². The molecule has 0 bridgehead atoms. The third-order valence-electron chi connectivity index (χ3n) is 6.12. The first-order valence-corrected chi connectivity index (χ1v) is 15.4. The lowest BCUT2D eigenvalue weighted by atomic mass is 10.0. The van der Waals surface area contributed by atoms with Crippen molar-refractivity contribution in [3.05, 3.63) is 88.3 Å². The molecule has 226 valence electrons. The average molecular weight is 653 g/mol. The van der Waals surface area contributed by atoms with Crippen molar-refractivity contribution in [2.24, 2.45) is 0 Å². The molecule has 4 aromatic rings. The Morgan fingerprint density at radius 1 is 0.886 bits per heavy atom. The summed E-state index contributed by atoms with van der Waals surface area (Å²) in [6, 6.07) is 20.7. The predicted octanol–water partition coefficient (Wildman–Crippen LogP) is 6.50. The number of anilines is 2. The highest BCUT2D eigenvalue weighted by molar-refractivity contribution is 8.00. The van der Waals surface area contributed by atoms with Crippen molar-refractivity contribution in [1.29, 1.82) is 0 Å². The third kappa shape index (κ3) is 7.33. The summed E-state index contributed by atoms with van der Waals surface area (Å²) in [7, 11) is 0. The van der Waals surface area contributed by atoms with Crippen molar-refractivity contribution < 1.29 is 38.1 Å². The standard InChI is InChI=1S/C31H25ClN2O8S2/c1-2-39-31(38)27-26(18-8-4-3-5-9-18)28(32)44-29(27)34-24(35)15-40-30(37)20-10-6-7-11-23(20)43-16-25(36)33-19-12-13-21-22(14-19)42-17-41-21/h3-14H,2,15-17H2,1H3,(H,33,36)(H,34,35). The molecule has 1 aromatic heterocycles. The van der Waals surface area contributed by atoms with E-state index in [4.69, 9.17) is 30.5 Å². The Kier molecular flexibility index (Phi) is 10.1. The largest absolute Gasteiger partial charge is 0.462 e. The van der Waals surface area contributed by atoms with E-state index in [1.807, 2.05) is 6.07 Å². The number of carbonyl (C=O) groups is 4. The molecule has 0 saturated carbocycles. The van der Waals surface area contributed by atoms with Crippen molar-refractivity contribution in [3.8, 4) is 22.6 Å². The van der Waals surface area contributed by atoms with E-state index in [1.54, 1.807) is 73.7 Å². The quantitative estimate of drug-likeness (QED) is 0.138. The minimum absolute atomic E-state index is 0.0126. The summed E-state index contributed by atoms with van der Waals surface area (Å²) in [5.74, 6) is -1.20. The van der Waals surface area contributed by atoms with Crippen molar-refractivity contribution in [2.45, 2.75) is 11.8 Å². The number of hydrogen-bond donors (Lipinski definition) is 2. The van der Waals surface area contributed by atoms with Crippen molar-refractivity contribution >= 4 is 69.1 Å². The molecule has 1 aliphatic rings. The van der Waals surface area contributed by atoms with Gasteiger partial charge in [-0.3, -0.25) is 9.59 Å². The maximum absolute atomic E-state index is 12.9. The van der Waals surface area contributed by atoms with Gasteiger partial charge in [-0.1, -0.05) is 54.1 Å². The van der Waals surface area contributed by atoms with Gasteiger partial charge in [0.1, 0.15) is 14.9 Å². The highest BCUT2D eigenvalue weighted by atomic mass is 35.5. The van der Waals surface area contributed by atoms with Crippen LogP contribution in [0.4, 0.5) is 10.7 Å². The SMILES string of the molecule is CCOC(=O)c1c(NC(=O)COC(=O)c2ccccc2SCC(=O)Nc2ccc3c(c2)OCO3)sc(Cl)c1-c1ccccc1.